The minimum atomic E-state index is -0.306. The number of nitrogens with one attached hydrogen (secondary N) is 1. The summed E-state index contributed by atoms with van der Waals surface area (Å²) in [6.45, 7) is 1.72. The zero-order chi connectivity index (χ0) is 19.8. The Kier molecular flexibility index (Phi) is 4.23. The SMILES string of the molecule is COc1ccc2[nH]c3c(=O)n(/N=C\c4ccc(O)c(OC)c4)c(C)nc3c2c1. The molecule has 2 N–H and O–H groups in total. The van der Waals surface area contributed by atoms with E-state index in [4.69, 9.17) is 9.47 Å². The Balaban J connectivity index is 1.84. The number of aromatic hydroxyl groups is 1. The van der Waals surface area contributed by atoms with Crippen LogP contribution in [0.25, 0.3) is 21.9 Å². The average molecular weight is 378 g/mol. The molecule has 8 heteroatoms. The minimum Gasteiger partial charge on any atom is -0.504 e. The Bertz CT molecular complexity index is 1290. The third-order valence-corrected chi connectivity index (χ3v) is 4.49. The van der Waals surface area contributed by atoms with E-state index < -0.39 is 0 Å². The summed E-state index contributed by atoms with van der Waals surface area (Å²) in [6, 6.07) is 10.3. The lowest BCUT2D eigenvalue weighted by atomic mass is 10.2. The lowest BCUT2D eigenvalue weighted by molar-refractivity contribution is 0.373. The van der Waals surface area contributed by atoms with Crippen molar-refractivity contribution in [2.24, 2.45) is 5.10 Å². The monoisotopic (exact) mass is 378 g/mol. The summed E-state index contributed by atoms with van der Waals surface area (Å²) in [7, 11) is 3.06. The first-order valence-corrected chi connectivity index (χ1v) is 8.52. The van der Waals surface area contributed by atoms with Crippen LogP contribution in [0.2, 0.25) is 0 Å². The number of aryl methyl sites for hydroxylation is 1. The van der Waals surface area contributed by atoms with Crippen LogP contribution in [0.15, 0.2) is 46.3 Å². The average Bonchev–Trinajstić information content (AvgIpc) is 3.06. The van der Waals surface area contributed by atoms with Crippen molar-refractivity contribution >= 4 is 28.2 Å². The first kappa shape index (κ1) is 17.6. The third-order valence-electron chi connectivity index (χ3n) is 4.49. The van der Waals surface area contributed by atoms with Crippen LogP contribution < -0.4 is 15.0 Å². The van der Waals surface area contributed by atoms with E-state index in [-0.39, 0.29) is 11.3 Å². The van der Waals surface area contributed by atoms with Gasteiger partial charge in [0.15, 0.2) is 11.5 Å². The van der Waals surface area contributed by atoms with Crippen LogP contribution in [0.4, 0.5) is 0 Å². The highest BCUT2D eigenvalue weighted by Crippen LogP contribution is 2.27. The molecule has 0 saturated carbocycles. The summed E-state index contributed by atoms with van der Waals surface area (Å²) >= 11 is 0. The van der Waals surface area contributed by atoms with E-state index in [0.29, 0.717) is 33.9 Å². The molecule has 4 aromatic rings. The predicted octanol–water partition coefficient (Wildman–Crippen LogP) is 2.79. The van der Waals surface area contributed by atoms with Crippen molar-refractivity contribution in [3.8, 4) is 17.2 Å². The summed E-state index contributed by atoms with van der Waals surface area (Å²) in [4.78, 5) is 20.6. The number of ether oxygens (including phenoxy) is 2. The van der Waals surface area contributed by atoms with Crippen molar-refractivity contribution in [1.82, 2.24) is 14.6 Å². The van der Waals surface area contributed by atoms with E-state index in [1.807, 2.05) is 18.2 Å². The van der Waals surface area contributed by atoms with Crippen LogP contribution in [0.5, 0.6) is 17.2 Å². The second-order valence-electron chi connectivity index (χ2n) is 6.21. The summed E-state index contributed by atoms with van der Waals surface area (Å²) < 4.78 is 11.6. The van der Waals surface area contributed by atoms with Crippen molar-refractivity contribution in [3.63, 3.8) is 0 Å². The highest BCUT2D eigenvalue weighted by atomic mass is 16.5. The number of phenols is 1. The smallest absolute Gasteiger partial charge is 0.298 e. The van der Waals surface area contributed by atoms with Crippen molar-refractivity contribution < 1.29 is 14.6 Å². The van der Waals surface area contributed by atoms with Crippen LogP contribution in [0, 0.1) is 6.92 Å². The highest BCUT2D eigenvalue weighted by Gasteiger charge is 2.14. The molecule has 0 bridgehead atoms. The third kappa shape index (κ3) is 2.84. The fourth-order valence-electron chi connectivity index (χ4n) is 3.05. The van der Waals surface area contributed by atoms with Crippen LogP contribution in [-0.2, 0) is 0 Å². The maximum Gasteiger partial charge on any atom is 0.298 e. The van der Waals surface area contributed by atoms with Crippen LogP contribution >= 0.6 is 0 Å². The van der Waals surface area contributed by atoms with E-state index >= 15 is 0 Å². The number of hydrogen-bond donors (Lipinski definition) is 2. The van der Waals surface area contributed by atoms with Gasteiger partial charge in [-0.15, -0.1) is 0 Å². The van der Waals surface area contributed by atoms with Gasteiger partial charge in [-0.2, -0.15) is 9.78 Å². The zero-order valence-corrected chi connectivity index (χ0v) is 15.6. The van der Waals surface area contributed by atoms with Gasteiger partial charge >= 0.3 is 0 Å². The maximum absolute atomic E-state index is 13.0. The lowest BCUT2D eigenvalue weighted by Gasteiger charge is -2.05. The number of methoxy groups -OCH3 is 2. The molecule has 0 aliphatic rings. The molecule has 0 aliphatic carbocycles. The van der Waals surface area contributed by atoms with Gasteiger partial charge in [0.2, 0.25) is 0 Å². The normalized spacial score (nSPS) is 11.5. The molecule has 0 radical (unpaired) electrons. The van der Waals surface area contributed by atoms with E-state index in [2.05, 4.69) is 15.1 Å². The molecule has 0 aliphatic heterocycles. The molecule has 0 saturated heterocycles. The van der Waals surface area contributed by atoms with Gasteiger partial charge in [-0.1, -0.05) is 0 Å². The molecule has 0 amide bonds. The van der Waals surface area contributed by atoms with Gasteiger partial charge in [0.25, 0.3) is 5.56 Å². The Morgan fingerprint density at radius 2 is 2.00 bits per heavy atom. The standard InChI is InChI=1S/C20H18N4O4/c1-11-22-18-14-9-13(27-2)5-6-15(14)23-19(18)20(26)24(11)21-10-12-4-7-16(25)17(8-12)28-3/h4-10,23,25H,1-3H3/b21-10-. The number of aromatic amines is 1. The fraction of sp³-hybridized carbons (Fsp3) is 0.150. The number of rotatable bonds is 4. The molecular formula is C20H18N4O4. The molecule has 8 nitrogen and oxygen atoms in total. The topological polar surface area (TPSA) is 102 Å². The maximum atomic E-state index is 13.0. The number of nitrogens with zero attached hydrogens (tertiary/aromatic N) is 3. The molecule has 0 fully saturated rings. The Labute approximate surface area is 159 Å². The van der Waals surface area contributed by atoms with E-state index in [0.717, 1.165) is 10.9 Å². The van der Waals surface area contributed by atoms with Crippen LogP contribution in [0.3, 0.4) is 0 Å². The molecule has 142 valence electrons. The number of aromatic nitrogens is 3. The molecule has 4 rings (SSSR count). The van der Waals surface area contributed by atoms with Gasteiger partial charge in [0.05, 0.1) is 20.4 Å². The highest BCUT2D eigenvalue weighted by molar-refractivity contribution is 6.05. The first-order chi connectivity index (χ1) is 13.5. The molecular weight excluding hydrogens is 360 g/mol. The van der Waals surface area contributed by atoms with Crippen molar-refractivity contribution in [1.29, 1.82) is 0 Å². The Hall–Kier alpha value is -3.81. The van der Waals surface area contributed by atoms with Gasteiger partial charge in [-0.05, 0) is 48.9 Å². The second kappa shape index (κ2) is 6.73. The summed E-state index contributed by atoms with van der Waals surface area (Å²) in [5, 5.41) is 14.8. The van der Waals surface area contributed by atoms with Gasteiger partial charge in [-0.25, -0.2) is 4.98 Å². The summed E-state index contributed by atoms with van der Waals surface area (Å²) in [5.41, 5.74) is 2.11. The predicted molar refractivity (Wildman–Crippen MR) is 107 cm³/mol. The minimum absolute atomic E-state index is 0.0320. The van der Waals surface area contributed by atoms with Crippen molar-refractivity contribution in [2.45, 2.75) is 6.92 Å². The second-order valence-corrected chi connectivity index (χ2v) is 6.21. The Morgan fingerprint density at radius 1 is 1.18 bits per heavy atom. The molecule has 2 aromatic carbocycles. The Morgan fingerprint density at radius 3 is 2.75 bits per heavy atom. The lowest BCUT2D eigenvalue weighted by Crippen LogP contribution is -2.20. The number of fused-ring (bicyclic) bond motifs is 3. The van der Waals surface area contributed by atoms with E-state index in [9.17, 15) is 9.90 Å². The molecule has 0 atom stereocenters. The number of benzene rings is 2. The number of H-pyrrole nitrogens is 1. The van der Waals surface area contributed by atoms with E-state index in [1.165, 1.54) is 24.1 Å². The van der Waals surface area contributed by atoms with Gasteiger partial charge in [0, 0.05) is 10.9 Å². The molecule has 2 heterocycles. The van der Waals surface area contributed by atoms with Crippen LogP contribution in [-0.4, -0.2) is 40.2 Å². The van der Waals surface area contributed by atoms with Crippen molar-refractivity contribution in [2.75, 3.05) is 14.2 Å². The van der Waals surface area contributed by atoms with Gasteiger partial charge < -0.3 is 19.6 Å². The summed E-state index contributed by atoms with van der Waals surface area (Å²) in [5.74, 6) is 1.50. The van der Waals surface area contributed by atoms with E-state index in [1.54, 1.807) is 26.2 Å². The number of phenolic OH excluding ortho intramolecular Hbond substituents is 1. The summed E-state index contributed by atoms with van der Waals surface area (Å²) in [6.07, 6.45) is 1.51. The quantitative estimate of drug-likeness (QED) is 0.532. The largest absolute Gasteiger partial charge is 0.504 e. The first-order valence-electron chi connectivity index (χ1n) is 8.52. The zero-order valence-electron chi connectivity index (χ0n) is 15.6. The van der Waals surface area contributed by atoms with Gasteiger partial charge in [0.1, 0.15) is 22.6 Å². The van der Waals surface area contributed by atoms with Crippen LogP contribution in [0.1, 0.15) is 11.4 Å². The molecule has 0 unspecified atom stereocenters. The number of hydrogen-bond acceptors (Lipinski definition) is 6. The fourth-order valence-corrected chi connectivity index (χ4v) is 3.05. The molecule has 0 spiro atoms. The molecule has 28 heavy (non-hydrogen) atoms. The molecule has 2 aromatic heterocycles. The van der Waals surface area contributed by atoms with Gasteiger partial charge in [-0.3, -0.25) is 4.79 Å². The van der Waals surface area contributed by atoms with Crippen molar-refractivity contribution in [3.05, 3.63) is 58.1 Å².